The standard InChI is InChI=1S/C21H41N5O2.HI/c1-17-8-13-25(14-9-17)12-7-6-11-23-19(22-5)26-15-10-18(16-26)24-20(27)28-21(2,3)4;/h17-18H,6-16H2,1-5H3,(H,22,23)(H,24,27);1H. The van der Waals surface area contributed by atoms with Crippen LogP contribution in [0, 0.1) is 5.92 Å². The second-order valence-corrected chi connectivity index (χ2v) is 9.28. The molecule has 2 aliphatic rings. The maximum Gasteiger partial charge on any atom is 0.407 e. The molecule has 2 rings (SSSR count). The van der Waals surface area contributed by atoms with Gasteiger partial charge in [-0.2, -0.15) is 0 Å². The zero-order valence-corrected chi connectivity index (χ0v) is 21.3. The average Bonchev–Trinajstić information content (AvgIpc) is 3.06. The number of hydrogen-bond acceptors (Lipinski definition) is 4. The van der Waals surface area contributed by atoms with Gasteiger partial charge in [-0.15, -0.1) is 24.0 Å². The van der Waals surface area contributed by atoms with Crippen LogP contribution in [-0.4, -0.2) is 79.8 Å². The molecule has 0 saturated carbocycles. The summed E-state index contributed by atoms with van der Waals surface area (Å²) in [5.74, 6) is 1.83. The lowest BCUT2D eigenvalue weighted by Crippen LogP contribution is -2.44. The Balaban J connectivity index is 0.00000420. The van der Waals surface area contributed by atoms with Crippen molar-refractivity contribution in [3.8, 4) is 0 Å². The van der Waals surface area contributed by atoms with Gasteiger partial charge in [0.15, 0.2) is 5.96 Å². The molecule has 0 aliphatic carbocycles. The Kier molecular flexibility index (Phi) is 11.6. The molecule has 0 aromatic heterocycles. The molecule has 8 heteroatoms. The quantitative estimate of drug-likeness (QED) is 0.242. The molecule has 2 heterocycles. The van der Waals surface area contributed by atoms with Crippen LogP contribution >= 0.6 is 24.0 Å². The minimum atomic E-state index is -0.466. The van der Waals surface area contributed by atoms with Crippen LogP contribution in [0.1, 0.15) is 59.8 Å². The predicted molar refractivity (Wildman–Crippen MR) is 130 cm³/mol. The highest BCUT2D eigenvalue weighted by Crippen LogP contribution is 2.16. The van der Waals surface area contributed by atoms with E-state index in [1.54, 1.807) is 0 Å². The fraction of sp³-hybridized carbons (Fsp3) is 0.905. The van der Waals surface area contributed by atoms with Crippen molar-refractivity contribution >= 4 is 36.0 Å². The second-order valence-electron chi connectivity index (χ2n) is 9.28. The Bertz CT molecular complexity index is 516. The Morgan fingerprint density at radius 2 is 1.83 bits per heavy atom. The summed E-state index contributed by atoms with van der Waals surface area (Å²) in [5, 5.41) is 6.45. The third kappa shape index (κ3) is 10.2. The first-order valence-electron chi connectivity index (χ1n) is 10.9. The van der Waals surface area contributed by atoms with Gasteiger partial charge in [-0.1, -0.05) is 6.92 Å². The topological polar surface area (TPSA) is 69.2 Å². The van der Waals surface area contributed by atoms with Gasteiger partial charge in [-0.3, -0.25) is 4.99 Å². The van der Waals surface area contributed by atoms with Gasteiger partial charge in [0.05, 0.1) is 6.04 Å². The number of aliphatic imine (C=N–C) groups is 1. The van der Waals surface area contributed by atoms with E-state index in [2.05, 4.69) is 32.3 Å². The summed E-state index contributed by atoms with van der Waals surface area (Å²) in [6.45, 7) is 14.3. The molecule has 0 bridgehead atoms. The van der Waals surface area contributed by atoms with Crippen molar-refractivity contribution in [2.45, 2.75) is 71.4 Å². The first-order valence-corrected chi connectivity index (χ1v) is 10.9. The highest BCUT2D eigenvalue weighted by Gasteiger charge is 2.27. The molecule has 2 N–H and O–H groups in total. The second kappa shape index (κ2) is 12.8. The molecule has 29 heavy (non-hydrogen) atoms. The zero-order chi connectivity index (χ0) is 20.6. The van der Waals surface area contributed by atoms with Gasteiger partial charge in [0.1, 0.15) is 5.60 Å². The van der Waals surface area contributed by atoms with E-state index in [1.807, 2.05) is 27.8 Å². The van der Waals surface area contributed by atoms with E-state index in [-0.39, 0.29) is 36.1 Å². The average molecular weight is 524 g/mol. The number of carbonyl (C=O) groups is 1. The highest BCUT2D eigenvalue weighted by molar-refractivity contribution is 14.0. The highest BCUT2D eigenvalue weighted by atomic mass is 127. The number of unbranched alkanes of at least 4 members (excludes halogenated alkanes) is 1. The lowest BCUT2D eigenvalue weighted by atomic mass is 9.99. The lowest BCUT2D eigenvalue weighted by molar-refractivity contribution is 0.0507. The van der Waals surface area contributed by atoms with Gasteiger partial charge >= 0.3 is 6.09 Å². The maximum atomic E-state index is 12.0. The summed E-state index contributed by atoms with van der Waals surface area (Å²) in [5.41, 5.74) is -0.466. The first-order chi connectivity index (χ1) is 13.3. The summed E-state index contributed by atoms with van der Waals surface area (Å²) in [7, 11) is 1.83. The Morgan fingerprint density at radius 3 is 2.45 bits per heavy atom. The van der Waals surface area contributed by atoms with Gasteiger partial charge in [-0.25, -0.2) is 4.79 Å². The number of amides is 1. The molecule has 2 aliphatic heterocycles. The van der Waals surface area contributed by atoms with Gasteiger partial charge in [0.25, 0.3) is 0 Å². The number of halogens is 1. The molecule has 1 amide bonds. The fourth-order valence-corrected chi connectivity index (χ4v) is 3.82. The van der Waals surface area contributed by atoms with Crippen LogP contribution in [0.3, 0.4) is 0 Å². The third-order valence-corrected chi connectivity index (χ3v) is 5.48. The largest absolute Gasteiger partial charge is 0.444 e. The minimum Gasteiger partial charge on any atom is -0.444 e. The number of carbonyl (C=O) groups excluding carboxylic acids is 1. The van der Waals surface area contributed by atoms with Crippen molar-refractivity contribution in [1.29, 1.82) is 0 Å². The van der Waals surface area contributed by atoms with Gasteiger partial charge in [-0.05, 0) is 78.4 Å². The predicted octanol–water partition coefficient (Wildman–Crippen LogP) is 3.29. The van der Waals surface area contributed by atoms with Gasteiger partial charge in [0, 0.05) is 26.7 Å². The van der Waals surface area contributed by atoms with Crippen LogP contribution in [0.15, 0.2) is 4.99 Å². The first kappa shape index (κ1) is 26.3. The summed E-state index contributed by atoms with van der Waals surface area (Å²) < 4.78 is 5.35. The van der Waals surface area contributed by atoms with Crippen LogP contribution in [0.2, 0.25) is 0 Å². The molecule has 1 unspecified atom stereocenters. The third-order valence-electron chi connectivity index (χ3n) is 5.48. The molecule has 2 saturated heterocycles. The number of alkyl carbamates (subject to hydrolysis) is 1. The Morgan fingerprint density at radius 1 is 1.14 bits per heavy atom. The lowest BCUT2D eigenvalue weighted by Gasteiger charge is -2.30. The normalized spacial score (nSPS) is 21.6. The number of piperidine rings is 1. The molecular weight excluding hydrogens is 481 g/mol. The monoisotopic (exact) mass is 523 g/mol. The number of nitrogens with zero attached hydrogens (tertiary/aromatic N) is 3. The summed E-state index contributed by atoms with van der Waals surface area (Å²) in [4.78, 5) is 21.2. The van der Waals surface area contributed by atoms with Gasteiger partial charge < -0.3 is 25.2 Å². The van der Waals surface area contributed by atoms with Crippen LogP contribution < -0.4 is 10.6 Å². The van der Waals surface area contributed by atoms with Gasteiger partial charge in [0.2, 0.25) is 0 Å². The molecule has 0 aromatic carbocycles. The van der Waals surface area contributed by atoms with Crippen molar-refractivity contribution < 1.29 is 9.53 Å². The molecule has 0 spiro atoms. The summed E-state index contributed by atoms with van der Waals surface area (Å²) in [6.07, 6.45) is 5.64. The number of guanidine groups is 1. The van der Waals surface area contributed by atoms with E-state index in [4.69, 9.17) is 4.74 Å². The minimum absolute atomic E-state index is 0. The fourth-order valence-electron chi connectivity index (χ4n) is 3.82. The van der Waals surface area contributed by atoms with Crippen LogP contribution in [0.4, 0.5) is 4.79 Å². The molecular formula is C21H42IN5O2. The zero-order valence-electron chi connectivity index (χ0n) is 19.0. The van der Waals surface area contributed by atoms with Crippen LogP contribution in [0.25, 0.3) is 0 Å². The van der Waals surface area contributed by atoms with E-state index >= 15 is 0 Å². The van der Waals surface area contributed by atoms with E-state index in [9.17, 15) is 4.79 Å². The van der Waals surface area contributed by atoms with Crippen LogP contribution in [0.5, 0.6) is 0 Å². The van der Waals surface area contributed by atoms with E-state index < -0.39 is 5.60 Å². The smallest absolute Gasteiger partial charge is 0.407 e. The molecule has 0 radical (unpaired) electrons. The van der Waals surface area contributed by atoms with E-state index in [0.717, 1.165) is 44.4 Å². The number of ether oxygens (including phenoxy) is 1. The van der Waals surface area contributed by atoms with Crippen molar-refractivity contribution in [3.05, 3.63) is 0 Å². The van der Waals surface area contributed by atoms with E-state index in [1.165, 1.54) is 38.9 Å². The molecule has 2 fully saturated rings. The number of rotatable bonds is 6. The molecule has 170 valence electrons. The van der Waals surface area contributed by atoms with Crippen molar-refractivity contribution in [3.63, 3.8) is 0 Å². The van der Waals surface area contributed by atoms with E-state index in [0.29, 0.717) is 0 Å². The van der Waals surface area contributed by atoms with Crippen LogP contribution in [-0.2, 0) is 4.74 Å². The van der Waals surface area contributed by atoms with Crippen molar-refractivity contribution in [1.82, 2.24) is 20.4 Å². The van der Waals surface area contributed by atoms with Crippen molar-refractivity contribution in [2.75, 3.05) is 46.3 Å². The molecule has 7 nitrogen and oxygen atoms in total. The molecule has 0 aromatic rings. The Labute approximate surface area is 194 Å². The summed E-state index contributed by atoms with van der Waals surface area (Å²) >= 11 is 0. The number of likely N-dealkylation sites (tertiary alicyclic amines) is 2. The number of hydrogen-bond donors (Lipinski definition) is 2. The summed E-state index contributed by atoms with van der Waals surface area (Å²) in [6, 6.07) is 0.106. The number of nitrogens with one attached hydrogen (secondary N) is 2. The Hall–Kier alpha value is -0.770. The SMILES string of the molecule is CN=C(NCCCCN1CCC(C)CC1)N1CCC(NC(=O)OC(C)(C)C)C1.I. The molecule has 1 atom stereocenters. The van der Waals surface area contributed by atoms with Crippen molar-refractivity contribution in [2.24, 2.45) is 10.9 Å². The maximum absolute atomic E-state index is 12.0.